The van der Waals surface area contributed by atoms with Gasteiger partial charge in [-0.3, -0.25) is 14.3 Å². The number of hydrogen-bond acceptors (Lipinski definition) is 6. The predicted molar refractivity (Wildman–Crippen MR) is 148 cm³/mol. The third-order valence-corrected chi connectivity index (χ3v) is 8.15. The number of fused-ring (bicyclic) bond motifs is 1. The Kier molecular flexibility index (Phi) is 7.49. The number of hydrogen-bond donors (Lipinski definition) is 2. The molecular weight excluding hydrogens is 516 g/mol. The minimum absolute atomic E-state index is 0.00428. The highest BCUT2D eigenvalue weighted by atomic mass is 32.2. The van der Waals surface area contributed by atoms with E-state index in [4.69, 9.17) is 9.88 Å². The molecule has 3 aromatic carbocycles. The Morgan fingerprint density at radius 1 is 1.08 bits per heavy atom. The van der Waals surface area contributed by atoms with Crippen LogP contribution in [0.4, 0.5) is 5.69 Å². The van der Waals surface area contributed by atoms with Crippen LogP contribution in [0.15, 0.2) is 71.8 Å². The van der Waals surface area contributed by atoms with E-state index in [-0.39, 0.29) is 21.9 Å². The summed E-state index contributed by atoms with van der Waals surface area (Å²) in [6, 6.07) is 16.5. The smallest absolute Gasteiger partial charge is 0.238 e. The Morgan fingerprint density at radius 2 is 1.85 bits per heavy atom. The predicted octanol–water partition coefficient (Wildman–Crippen LogP) is 4.49. The lowest BCUT2D eigenvalue weighted by molar-refractivity contribution is -0.117. The molecule has 4 aromatic rings. The molecule has 1 aromatic heterocycles. The van der Waals surface area contributed by atoms with E-state index in [1.807, 2.05) is 18.2 Å². The molecule has 0 spiro atoms. The van der Waals surface area contributed by atoms with Crippen molar-refractivity contribution in [3.8, 4) is 5.75 Å². The van der Waals surface area contributed by atoms with E-state index in [1.54, 1.807) is 35.1 Å². The van der Waals surface area contributed by atoms with Gasteiger partial charge < -0.3 is 10.1 Å². The quantitative estimate of drug-likeness (QED) is 0.297. The van der Waals surface area contributed by atoms with Crippen LogP contribution in [-0.2, 0) is 21.4 Å². The number of primary sulfonamides is 1. The summed E-state index contributed by atoms with van der Waals surface area (Å²) < 4.78 is 31.3. The van der Waals surface area contributed by atoms with Crippen LogP contribution in [0.5, 0.6) is 5.75 Å². The van der Waals surface area contributed by atoms with Gasteiger partial charge in [0.05, 0.1) is 30.3 Å². The van der Waals surface area contributed by atoms with Crippen molar-refractivity contribution in [1.82, 2.24) is 9.78 Å². The summed E-state index contributed by atoms with van der Waals surface area (Å²) in [6.45, 7) is 0.356. The van der Waals surface area contributed by atoms with E-state index in [0.29, 0.717) is 30.3 Å². The largest absolute Gasteiger partial charge is 0.496 e. The standard InChI is InChI=1S/C29H30N4O5S/c1-38-26-15-20(29(35)24-8-4-5-9-27(24)39(30,36)37)10-11-22(26)18-33-25-16-23(13-12-21(25)17-31-33)32-28(34)14-19-6-2-3-7-19/h4-5,8-13,15-17,19H,2-3,6-7,14,18H2,1H3,(H,32,34)(H2,30,36,37). The van der Waals surface area contributed by atoms with Gasteiger partial charge in [-0.2, -0.15) is 5.10 Å². The molecule has 0 radical (unpaired) electrons. The number of amides is 1. The lowest BCUT2D eigenvalue weighted by Crippen LogP contribution is -2.17. The van der Waals surface area contributed by atoms with Crippen molar-refractivity contribution in [3.05, 3.63) is 83.6 Å². The molecule has 39 heavy (non-hydrogen) atoms. The molecule has 1 saturated carbocycles. The van der Waals surface area contributed by atoms with E-state index in [0.717, 1.165) is 29.3 Å². The van der Waals surface area contributed by atoms with Crippen LogP contribution in [0, 0.1) is 5.92 Å². The first-order valence-electron chi connectivity index (χ1n) is 12.8. The van der Waals surface area contributed by atoms with Crippen molar-refractivity contribution < 1.29 is 22.7 Å². The molecule has 5 rings (SSSR count). The number of methoxy groups -OCH3 is 1. The first kappa shape index (κ1) is 26.6. The van der Waals surface area contributed by atoms with Crippen LogP contribution >= 0.6 is 0 Å². The zero-order valence-electron chi connectivity index (χ0n) is 21.6. The Labute approximate surface area is 227 Å². The zero-order chi connectivity index (χ0) is 27.6. The van der Waals surface area contributed by atoms with Gasteiger partial charge in [0.15, 0.2) is 5.78 Å². The fourth-order valence-corrected chi connectivity index (χ4v) is 5.93. The summed E-state index contributed by atoms with van der Waals surface area (Å²) in [5.74, 6) is 0.471. The van der Waals surface area contributed by atoms with Crippen molar-refractivity contribution in [2.75, 3.05) is 12.4 Å². The fraction of sp³-hybridized carbons (Fsp3) is 0.276. The van der Waals surface area contributed by atoms with Crippen LogP contribution in [0.1, 0.15) is 53.6 Å². The van der Waals surface area contributed by atoms with Crippen molar-refractivity contribution >= 4 is 38.3 Å². The Hall–Kier alpha value is -4.02. The Morgan fingerprint density at radius 3 is 2.59 bits per heavy atom. The molecule has 202 valence electrons. The number of nitrogens with two attached hydrogens (primary N) is 1. The van der Waals surface area contributed by atoms with Crippen LogP contribution < -0.4 is 15.2 Å². The number of ether oxygens (including phenoxy) is 1. The number of nitrogens with zero attached hydrogens (tertiary/aromatic N) is 2. The van der Waals surface area contributed by atoms with Crippen molar-refractivity contribution in [1.29, 1.82) is 0 Å². The third kappa shape index (κ3) is 5.86. The maximum atomic E-state index is 13.2. The summed E-state index contributed by atoms with van der Waals surface area (Å²) in [6.07, 6.45) is 6.93. The van der Waals surface area contributed by atoms with E-state index in [2.05, 4.69) is 10.4 Å². The zero-order valence-corrected chi connectivity index (χ0v) is 22.4. The van der Waals surface area contributed by atoms with Crippen LogP contribution in [0.2, 0.25) is 0 Å². The van der Waals surface area contributed by atoms with Gasteiger partial charge in [0.2, 0.25) is 15.9 Å². The highest BCUT2D eigenvalue weighted by Crippen LogP contribution is 2.29. The summed E-state index contributed by atoms with van der Waals surface area (Å²) in [4.78, 5) is 25.5. The third-order valence-electron chi connectivity index (χ3n) is 7.18. The number of benzene rings is 3. The van der Waals surface area contributed by atoms with Crippen LogP contribution in [0.25, 0.3) is 10.9 Å². The minimum Gasteiger partial charge on any atom is -0.496 e. The highest BCUT2D eigenvalue weighted by molar-refractivity contribution is 7.89. The Balaban J connectivity index is 1.38. The molecule has 1 heterocycles. The lowest BCUT2D eigenvalue weighted by Gasteiger charge is -2.13. The van der Waals surface area contributed by atoms with E-state index in [1.165, 1.54) is 38.2 Å². The van der Waals surface area contributed by atoms with E-state index in [9.17, 15) is 18.0 Å². The molecule has 0 bridgehead atoms. The number of anilines is 1. The van der Waals surface area contributed by atoms with Crippen LogP contribution in [0.3, 0.4) is 0 Å². The summed E-state index contributed by atoms with van der Waals surface area (Å²) >= 11 is 0. The average Bonchev–Trinajstić information content (AvgIpc) is 3.58. The molecule has 9 nitrogen and oxygen atoms in total. The number of ketones is 1. The second-order valence-electron chi connectivity index (χ2n) is 9.88. The van der Waals surface area contributed by atoms with Gasteiger partial charge in [-0.25, -0.2) is 13.6 Å². The second-order valence-corrected chi connectivity index (χ2v) is 11.4. The molecule has 1 fully saturated rings. The molecule has 1 amide bonds. The van der Waals surface area contributed by atoms with Gasteiger partial charge >= 0.3 is 0 Å². The van der Waals surface area contributed by atoms with E-state index < -0.39 is 15.8 Å². The second kappa shape index (κ2) is 11.0. The summed E-state index contributed by atoms with van der Waals surface area (Å²) in [5.41, 5.74) is 2.60. The number of sulfonamides is 1. The van der Waals surface area contributed by atoms with Crippen molar-refractivity contribution in [2.24, 2.45) is 11.1 Å². The van der Waals surface area contributed by atoms with Gasteiger partial charge in [0, 0.05) is 34.2 Å². The SMILES string of the molecule is COc1cc(C(=O)c2ccccc2S(N)(=O)=O)ccc1Cn1ncc2ccc(NC(=O)CC3CCCC3)cc21. The number of aromatic nitrogens is 2. The first-order chi connectivity index (χ1) is 18.7. The number of carbonyl (C=O) groups excluding carboxylic acids is 2. The molecule has 0 saturated heterocycles. The van der Waals surface area contributed by atoms with Gasteiger partial charge in [0.25, 0.3) is 0 Å². The maximum Gasteiger partial charge on any atom is 0.238 e. The molecule has 10 heteroatoms. The van der Waals surface area contributed by atoms with Crippen molar-refractivity contribution in [3.63, 3.8) is 0 Å². The van der Waals surface area contributed by atoms with Gasteiger partial charge in [-0.1, -0.05) is 37.1 Å². The van der Waals surface area contributed by atoms with E-state index >= 15 is 0 Å². The molecule has 3 N–H and O–H groups in total. The first-order valence-corrected chi connectivity index (χ1v) is 14.4. The maximum absolute atomic E-state index is 13.2. The molecule has 1 aliphatic rings. The molecule has 0 atom stereocenters. The molecule has 1 aliphatic carbocycles. The number of rotatable bonds is 9. The van der Waals surface area contributed by atoms with Gasteiger partial charge in [-0.05, 0) is 55.2 Å². The number of carbonyl (C=O) groups is 2. The topological polar surface area (TPSA) is 133 Å². The fourth-order valence-electron chi connectivity index (χ4n) is 5.20. The molecule has 0 unspecified atom stereocenters. The normalized spacial score (nSPS) is 14.0. The van der Waals surface area contributed by atoms with Crippen LogP contribution in [-0.4, -0.2) is 37.0 Å². The molecular formula is C29H30N4O5S. The summed E-state index contributed by atoms with van der Waals surface area (Å²) in [5, 5.41) is 13.8. The lowest BCUT2D eigenvalue weighted by atomic mass is 10.0. The molecule has 0 aliphatic heterocycles. The highest BCUT2D eigenvalue weighted by Gasteiger charge is 2.22. The summed E-state index contributed by atoms with van der Waals surface area (Å²) in [7, 11) is -2.57. The van der Waals surface area contributed by atoms with Gasteiger partial charge in [0.1, 0.15) is 5.75 Å². The minimum atomic E-state index is -4.07. The monoisotopic (exact) mass is 546 g/mol. The number of nitrogens with one attached hydrogen (secondary N) is 1. The van der Waals surface area contributed by atoms with Crippen molar-refractivity contribution in [2.45, 2.75) is 43.5 Å². The van der Waals surface area contributed by atoms with Gasteiger partial charge in [-0.15, -0.1) is 0 Å². The average molecular weight is 547 g/mol. The Bertz CT molecular complexity index is 1660.